The second-order valence-corrected chi connectivity index (χ2v) is 6.40. The number of fused-ring (bicyclic) bond motifs is 1. The predicted molar refractivity (Wildman–Crippen MR) is 88.8 cm³/mol. The van der Waals surface area contributed by atoms with Crippen LogP contribution in [0.25, 0.3) is 0 Å². The smallest absolute Gasteiger partial charge is 0.136 e. The standard InChI is InChI=1S/C16H23N3OS/c1-2-14-11(6-7-20-14)9-18-16-12(15(17)21)8-10-4-3-5-13(10)19-16/h8,11,14H,2-7,9H2,1H3,(H2,17,21)(H,18,19). The van der Waals surface area contributed by atoms with Gasteiger partial charge in [-0.2, -0.15) is 0 Å². The van der Waals surface area contributed by atoms with Crippen molar-refractivity contribution >= 4 is 23.0 Å². The van der Waals surface area contributed by atoms with Crippen LogP contribution in [-0.2, 0) is 17.6 Å². The number of pyridine rings is 1. The van der Waals surface area contributed by atoms with Crippen LogP contribution in [0.4, 0.5) is 5.82 Å². The minimum Gasteiger partial charge on any atom is -0.389 e. The Kier molecular flexibility index (Phi) is 4.40. The van der Waals surface area contributed by atoms with Crippen LogP contribution in [0.2, 0.25) is 0 Å². The van der Waals surface area contributed by atoms with Crippen molar-refractivity contribution < 1.29 is 4.74 Å². The Morgan fingerprint density at radius 1 is 1.52 bits per heavy atom. The second kappa shape index (κ2) is 6.28. The highest BCUT2D eigenvalue weighted by Crippen LogP contribution is 2.27. The van der Waals surface area contributed by atoms with Gasteiger partial charge < -0.3 is 15.8 Å². The normalized spacial score (nSPS) is 24.0. The first-order valence-electron chi connectivity index (χ1n) is 7.87. The molecule has 2 heterocycles. The molecular weight excluding hydrogens is 282 g/mol. The lowest BCUT2D eigenvalue weighted by atomic mass is 9.99. The number of nitrogens with zero attached hydrogens (tertiary/aromatic N) is 1. The van der Waals surface area contributed by atoms with Gasteiger partial charge in [0.2, 0.25) is 0 Å². The monoisotopic (exact) mass is 305 g/mol. The lowest BCUT2D eigenvalue weighted by molar-refractivity contribution is 0.0900. The molecule has 21 heavy (non-hydrogen) atoms. The Bertz CT molecular complexity index is 547. The van der Waals surface area contributed by atoms with Crippen LogP contribution in [0.5, 0.6) is 0 Å². The molecule has 0 bridgehead atoms. The molecule has 0 amide bonds. The number of hydrogen-bond donors (Lipinski definition) is 2. The molecule has 1 aliphatic heterocycles. The second-order valence-electron chi connectivity index (χ2n) is 5.96. The fourth-order valence-electron chi connectivity index (χ4n) is 3.40. The number of nitrogens with one attached hydrogen (secondary N) is 1. The molecule has 0 aromatic carbocycles. The Hall–Kier alpha value is -1.20. The third-order valence-electron chi connectivity index (χ3n) is 4.60. The summed E-state index contributed by atoms with van der Waals surface area (Å²) in [5.74, 6) is 1.40. The quantitative estimate of drug-likeness (QED) is 0.818. The van der Waals surface area contributed by atoms with Crippen molar-refractivity contribution in [1.82, 2.24) is 4.98 Å². The number of ether oxygens (including phenoxy) is 1. The van der Waals surface area contributed by atoms with Crippen LogP contribution in [0.15, 0.2) is 6.07 Å². The average Bonchev–Trinajstić information content (AvgIpc) is 3.11. The van der Waals surface area contributed by atoms with Gasteiger partial charge in [-0.05, 0) is 43.7 Å². The van der Waals surface area contributed by atoms with Crippen molar-refractivity contribution in [3.8, 4) is 0 Å². The fourth-order valence-corrected chi connectivity index (χ4v) is 3.56. The zero-order chi connectivity index (χ0) is 14.8. The van der Waals surface area contributed by atoms with Gasteiger partial charge in [0.15, 0.2) is 0 Å². The van der Waals surface area contributed by atoms with E-state index in [0.717, 1.165) is 50.2 Å². The summed E-state index contributed by atoms with van der Waals surface area (Å²) in [4.78, 5) is 5.19. The van der Waals surface area contributed by atoms with Gasteiger partial charge in [0, 0.05) is 24.8 Å². The number of aromatic nitrogens is 1. The minimum atomic E-state index is 0.361. The van der Waals surface area contributed by atoms with Crippen LogP contribution in [0.1, 0.15) is 43.0 Å². The van der Waals surface area contributed by atoms with Crippen molar-refractivity contribution in [2.45, 2.75) is 45.1 Å². The molecule has 2 unspecified atom stereocenters. The topological polar surface area (TPSA) is 60.2 Å². The van der Waals surface area contributed by atoms with Gasteiger partial charge in [0.25, 0.3) is 0 Å². The summed E-state index contributed by atoms with van der Waals surface area (Å²) in [6.45, 7) is 3.92. The number of thiocarbonyl (C=S) groups is 1. The van der Waals surface area contributed by atoms with Gasteiger partial charge in [-0.15, -0.1) is 0 Å². The molecule has 114 valence electrons. The van der Waals surface area contributed by atoms with Gasteiger partial charge in [0.05, 0.1) is 11.7 Å². The van der Waals surface area contributed by atoms with E-state index in [0.29, 0.717) is 17.0 Å². The van der Waals surface area contributed by atoms with Crippen LogP contribution in [0.3, 0.4) is 0 Å². The van der Waals surface area contributed by atoms with Crippen LogP contribution in [-0.4, -0.2) is 29.2 Å². The minimum absolute atomic E-state index is 0.361. The number of nitrogens with two attached hydrogens (primary N) is 1. The molecule has 2 atom stereocenters. The Labute approximate surface area is 131 Å². The molecule has 3 rings (SSSR count). The molecule has 4 nitrogen and oxygen atoms in total. The molecule has 1 aliphatic carbocycles. The van der Waals surface area contributed by atoms with Crippen molar-refractivity contribution in [3.63, 3.8) is 0 Å². The lowest BCUT2D eigenvalue weighted by Crippen LogP contribution is -2.24. The predicted octanol–water partition coefficient (Wildman–Crippen LogP) is 2.43. The van der Waals surface area contributed by atoms with Crippen molar-refractivity contribution in [2.24, 2.45) is 11.7 Å². The van der Waals surface area contributed by atoms with E-state index in [2.05, 4.69) is 18.3 Å². The summed E-state index contributed by atoms with van der Waals surface area (Å²) in [5.41, 5.74) is 9.27. The van der Waals surface area contributed by atoms with E-state index in [4.69, 9.17) is 27.7 Å². The third kappa shape index (κ3) is 3.04. The summed E-state index contributed by atoms with van der Waals surface area (Å²) < 4.78 is 5.74. The molecule has 1 saturated heterocycles. The zero-order valence-electron chi connectivity index (χ0n) is 12.5. The first-order valence-corrected chi connectivity index (χ1v) is 8.28. The number of rotatable bonds is 5. The number of aryl methyl sites for hydroxylation is 2. The van der Waals surface area contributed by atoms with Gasteiger partial charge in [-0.3, -0.25) is 0 Å². The van der Waals surface area contributed by atoms with Crippen molar-refractivity contribution in [1.29, 1.82) is 0 Å². The van der Waals surface area contributed by atoms with Crippen molar-refractivity contribution in [3.05, 3.63) is 22.9 Å². The van der Waals surface area contributed by atoms with E-state index in [1.165, 1.54) is 17.7 Å². The average molecular weight is 305 g/mol. The maximum absolute atomic E-state index is 5.87. The van der Waals surface area contributed by atoms with Crippen LogP contribution in [0, 0.1) is 5.92 Å². The Balaban J connectivity index is 1.76. The molecule has 0 spiro atoms. The lowest BCUT2D eigenvalue weighted by Gasteiger charge is -2.19. The van der Waals surface area contributed by atoms with Gasteiger partial charge in [-0.25, -0.2) is 4.98 Å². The molecule has 0 radical (unpaired) electrons. The molecule has 1 aromatic rings. The first kappa shape index (κ1) is 14.7. The van der Waals surface area contributed by atoms with E-state index < -0.39 is 0 Å². The highest BCUT2D eigenvalue weighted by Gasteiger charge is 2.27. The van der Waals surface area contributed by atoms with E-state index in [9.17, 15) is 0 Å². The third-order valence-corrected chi connectivity index (χ3v) is 4.82. The molecule has 2 aliphatic rings. The Morgan fingerprint density at radius 3 is 3.14 bits per heavy atom. The molecule has 1 aromatic heterocycles. The number of hydrogen-bond acceptors (Lipinski definition) is 4. The van der Waals surface area contributed by atoms with Gasteiger partial charge >= 0.3 is 0 Å². The maximum Gasteiger partial charge on any atom is 0.136 e. The SMILES string of the molecule is CCC1OCCC1CNc1nc2c(cc1C(N)=S)CCC2. The highest BCUT2D eigenvalue weighted by molar-refractivity contribution is 7.80. The Morgan fingerprint density at radius 2 is 2.38 bits per heavy atom. The summed E-state index contributed by atoms with van der Waals surface area (Å²) in [7, 11) is 0. The highest BCUT2D eigenvalue weighted by atomic mass is 32.1. The van der Waals surface area contributed by atoms with E-state index in [-0.39, 0.29) is 0 Å². The summed E-state index contributed by atoms with van der Waals surface area (Å²) in [5, 5.41) is 3.47. The zero-order valence-corrected chi connectivity index (χ0v) is 13.3. The van der Waals surface area contributed by atoms with Gasteiger partial charge in [0.1, 0.15) is 10.8 Å². The largest absolute Gasteiger partial charge is 0.389 e. The van der Waals surface area contributed by atoms with Crippen LogP contribution >= 0.6 is 12.2 Å². The van der Waals surface area contributed by atoms with Gasteiger partial charge in [-0.1, -0.05) is 19.1 Å². The maximum atomic E-state index is 5.87. The molecule has 5 heteroatoms. The van der Waals surface area contributed by atoms with Crippen LogP contribution < -0.4 is 11.1 Å². The summed E-state index contributed by atoms with van der Waals surface area (Å²) in [6, 6.07) is 2.13. The fraction of sp³-hybridized carbons (Fsp3) is 0.625. The van der Waals surface area contributed by atoms with Crippen molar-refractivity contribution in [2.75, 3.05) is 18.5 Å². The first-order chi connectivity index (χ1) is 10.2. The molecule has 3 N–H and O–H groups in total. The molecule has 1 fully saturated rings. The summed E-state index contributed by atoms with van der Waals surface area (Å²) in [6.07, 6.45) is 5.86. The van der Waals surface area contributed by atoms with E-state index in [1.807, 2.05) is 0 Å². The van der Waals surface area contributed by atoms with E-state index >= 15 is 0 Å². The summed E-state index contributed by atoms with van der Waals surface area (Å²) >= 11 is 5.19. The molecule has 0 saturated carbocycles. The molecular formula is C16H23N3OS. The number of anilines is 1. The van der Waals surface area contributed by atoms with E-state index in [1.54, 1.807) is 0 Å².